The van der Waals surface area contributed by atoms with Crippen LogP contribution in [-0.2, 0) is 19.8 Å². The highest BCUT2D eigenvalue weighted by molar-refractivity contribution is 6.05. The number of nitrogens with zero attached hydrogens (tertiary/aromatic N) is 5. The number of likely N-dealkylation sites (N-methyl/N-ethyl adjacent to an activating group) is 1. The zero-order valence-electron chi connectivity index (χ0n) is 23.4. The van der Waals surface area contributed by atoms with Gasteiger partial charge in [-0.2, -0.15) is 18.3 Å². The maximum absolute atomic E-state index is 13.8. The summed E-state index contributed by atoms with van der Waals surface area (Å²) in [4.78, 5) is 17.8. The fourth-order valence-corrected chi connectivity index (χ4v) is 5.95. The van der Waals surface area contributed by atoms with E-state index in [2.05, 4.69) is 38.2 Å². The van der Waals surface area contributed by atoms with E-state index in [1.807, 2.05) is 33.2 Å². The summed E-state index contributed by atoms with van der Waals surface area (Å²) in [6.45, 7) is 6.05. The predicted octanol–water partition coefficient (Wildman–Crippen LogP) is 4.02. The number of rotatable bonds is 6. The zero-order valence-corrected chi connectivity index (χ0v) is 23.4. The molecule has 41 heavy (non-hydrogen) atoms. The van der Waals surface area contributed by atoms with Crippen LogP contribution in [0.25, 0.3) is 5.70 Å². The van der Waals surface area contributed by atoms with Crippen LogP contribution in [0.3, 0.4) is 0 Å². The van der Waals surface area contributed by atoms with Gasteiger partial charge in [-0.3, -0.25) is 19.4 Å². The number of benzene rings is 2. The molecule has 3 N–H and O–H groups in total. The Bertz CT molecular complexity index is 1530. The molecule has 3 aliphatic heterocycles. The maximum atomic E-state index is 13.8. The Morgan fingerprint density at radius 3 is 2.56 bits per heavy atom. The summed E-state index contributed by atoms with van der Waals surface area (Å²) < 4.78 is 43.2. The first-order valence-electron chi connectivity index (χ1n) is 13.6. The second-order valence-electron chi connectivity index (χ2n) is 11.2. The second-order valence-corrected chi connectivity index (χ2v) is 11.2. The number of anilines is 2. The van der Waals surface area contributed by atoms with Gasteiger partial charge >= 0.3 is 6.18 Å². The van der Waals surface area contributed by atoms with Crippen molar-refractivity contribution in [2.45, 2.75) is 45.1 Å². The Morgan fingerprint density at radius 1 is 1.10 bits per heavy atom. The van der Waals surface area contributed by atoms with E-state index in [1.165, 1.54) is 6.07 Å². The van der Waals surface area contributed by atoms with Gasteiger partial charge in [-0.25, -0.2) is 0 Å². The molecule has 1 aromatic heterocycles. The molecule has 2 aromatic carbocycles. The molecule has 2 atom stereocenters. The molecule has 0 spiro atoms. The molecule has 2 bridgehead atoms. The van der Waals surface area contributed by atoms with Gasteiger partial charge in [-0.05, 0) is 68.8 Å². The van der Waals surface area contributed by atoms with Gasteiger partial charge in [-0.15, -0.1) is 5.53 Å². The fraction of sp³-hybridized carbons (Fsp3) is 0.379. The fourth-order valence-electron chi connectivity index (χ4n) is 5.95. The van der Waals surface area contributed by atoms with E-state index in [9.17, 15) is 18.0 Å². The minimum Gasteiger partial charge on any atom is -0.322 e. The molecule has 216 valence electrons. The lowest BCUT2D eigenvalue weighted by Crippen LogP contribution is -2.43. The molecular weight excluding hydrogens is 533 g/mol. The first-order chi connectivity index (χ1) is 19.5. The summed E-state index contributed by atoms with van der Waals surface area (Å²) in [5.41, 5.74) is 10.8. The number of nitrogens with one attached hydrogen (secondary N) is 3. The van der Waals surface area contributed by atoms with Crippen LogP contribution in [0.4, 0.5) is 24.5 Å². The number of alkyl halides is 3. The topological polar surface area (TPSA) is 80.7 Å². The molecule has 12 heteroatoms. The van der Waals surface area contributed by atoms with E-state index in [1.54, 1.807) is 34.1 Å². The van der Waals surface area contributed by atoms with Crippen molar-refractivity contribution in [1.29, 1.82) is 0 Å². The lowest BCUT2D eigenvalue weighted by molar-refractivity contribution is -0.137. The van der Waals surface area contributed by atoms with Crippen LogP contribution in [-0.4, -0.2) is 57.7 Å². The largest absolute Gasteiger partial charge is 0.416 e. The number of aromatic nitrogens is 2. The van der Waals surface area contributed by atoms with Crippen molar-refractivity contribution < 1.29 is 18.0 Å². The van der Waals surface area contributed by atoms with Gasteiger partial charge < -0.3 is 15.6 Å². The van der Waals surface area contributed by atoms with Gasteiger partial charge in [0.1, 0.15) is 0 Å². The summed E-state index contributed by atoms with van der Waals surface area (Å²) in [6, 6.07) is 9.81. The van der Waals surface area contributed by atoms with Crippen molar-refractivity contribution in [3.8, 4) is 0 Å². The molecule has 4 heterocycles. The third-order valence-electron chi connectivity index (χ3n) is 8.42. The maximum Gasteiger partial charge on any atom is 0.416 e. The Balaban J connectivity index is 1.22. The monoisotopic (exact) mass is 566 g/mol. The quantitative estimate of drug-likeness (QED) is 0.416. The first-order valence-corrected chi connectivity index (χ1v) is 13.6. The Kier molecular flexibility index (Phi) is 6.79. The average Bonchev–Trinajstić information content (AvgIpc) is 3.69. The van der Waals surface area contributed by atoms with E-state index in [0.717, 1.165) is 53.8 Å². The van der Waals surface area contributed by atoms with Crippen LogP contribution in [0.2, 0.25) is 0 Å². The van der Waals surface area contributed by atoms with Crippen LogP contribution < -0.4 is 21.3 Å². The van der Waals surface area contributed by atoms with Gasteiger partial charge in [0.2, 0.25) is 0 Å². The van der Waals surface area contributed by atoms with Crippen molar-refractivity contribution in [1.82, 2.24) is 30.5 Å². The lowest BCUT2D eigenvalue weighted by Gasteiger charge is -2.32. The van der Waals surface area contributed by atoms with E-state index in [4.69, 9.17) is 0 Å². The summed E-state index contributed by atoms with van der Waals surface area (Å²) in [6.07, 6.45) is 0.151. The van der Waals surface area contributed by atoms with Crippen LogP contribution in [0.5, 0.6) is 0 Å². The number of likely N-dealkylation sites (tertiary alicyclic amines) is 2. The molecule has 3 aliphatic rings. The minimum atomic E-state index is -4.53. The molecule has 1 amide bonds. The first kappa shape index (κ1) is 27.3. The molecule has 0 aliphatic carbocycles. The van der Waals surface area contributed by atoms with E-state index in [-0.39, 0.29) is 5.69 Å². The third-order valence-corrected chi connectivity index (χ3v) is 8.42. The van der Waals surface area contributed by atoms with Crippen LogP contribution in [0.15, 0.2) is 48.8 Å². The molecule has 6 rings (SSSR count). The number of carbonyl (C=O) groups is 1. The number of fused-ring (bicyclic) bond motifs is 2. The SMILES string of the molecule is Cc1ccc(C(=O)Nc2cc(CN3CC4C[C@@H]3CN4C)cc(C(F)(F)F)c2)cc1N1C=C(c2cnn(C)c2C)NN1. The van der Waals surface area contributed by atoms with E-state index in [0.29, 0.717) is 29.8 Å². The lowest BCUT2D eigenvalue weighted by atomic mass is 10.1. The summed E-state index contributed by atoms with van der Waals surface area (Å²) in [5.74, 6) is -0.488. The smallest absolute Gasteiger partial charge is 0.322 e. The molecule has 9 nitrogen and oxygen atoms in total. The highest BCUT2D eigenvalue weighted by Gasteiger charge is 2.41. The highest BCUT2D eigenvalue weighted by atomic mass is 19.4. The van der Waals surface area contributed by atoms with Crippen molar-refractivity contribution in [2.24, 2.45) is 7.05 Å². The number of aryl methyl sites for hydroxylation is 2. The summed E-state index contributed by atoms with van der Waals surface area (Å²) in [7, 11) is 3.96. The average molecular weight is 567 g/mol. The third kappa shape index (κ3) is 5.30. The molecule has 2 saturated heterocycles. The minimum absolute atomic E-state index is 0.124. The molecule has 2 fully saturated rings. The number of halogens is 3. The Labute approximate surface area is 236 Å². The Hall–Kier alpha value is -3.87. The number of amides is 1. The van der Waals surface area contributed by atoms with Crippen molar-refractivity contribution >= 4 is 23.0 Å². The molecular formula is C29H33F3N8O. The van der Waals surface area contributed by atoms with Crippen molar-refractivity contribution in [3.05, 3.63) is 82.3 Å². The van der Waals surface area contributed by atoms with Crippen molar-refractivity contribution in [3.63, 3.8) is 0 Å². The standard InChI is InChI=1S/C29H33F3N8O/c1-17-5-6-20(9-27(17)40-16-26(35-36-40)25-12-33-38(4)18(25)2)28(41)34-22-8-19(7-21(10-22)29(30,31)32)13-39-15-23-11-24(39)14-37(23)3/h5-10,12,16,23-24,35-36H,11,13-15H2,1-4H3,(H,34,41)/t23?,24-/m1/s1. The van der Waals surface area contributed by atoms with Gasteiger partial charge in [0.25, 0.3) is 5.91 Å². The number of piperazine rings is 1. The Morgan fingerprint density at radius 2 is 1.90 bits per heavy atom. The normalized spacial score (nSPS) is 21.0. The summed E-state index contributed by atoms with van der Waals surface area (Å²) in [5, 5.41) is 8.76. The highest BCUT2D eigenvalue weighted by Crippen LogP contribution is 2.35. The van der Waals surface area contributed by atoms with Gasteiger partial charge in [0, 0.05) is 67.5 Å². The molecule has 3 aromatic rings. The van der Waals surface area contributed by atoms with E-state index < -0.39 is 17.6 Å². The predicted molar refractivity (Wildman–Crippen MR) is 150 cm³/mol. The zero-order chi connectivity index (χ0) is 29.1. The number of hydrazine groups is 2. The number of carbonyl (C=O) groups excluding carboxylic acids is 1. The molecule has 1 unspecified atom stereocenters. The van der Waals surface area contributed by atoms with Gasteiger partial charge in [-0.1, -0.05) is 6.07 Å². The number of hydrogen-bond donors (Lipinski definition) is 3. The number of hydrogen-bond acceptors (Lipinski definition) is 7. The van der Waals surface area contributed by atoms with Crippen molar-refractivity contribution in [2.75, 3.05) is 30.5 Å². The molecule has 0 saturated carbocycles. The summed E-state index contributed by atoms with van der Waals surface area (Å²) >= 11 is 0. The van der Waals surface area contributed by atoms with Crippen LogP contribution >= 0.6 is 0 Å². The van der Waals surface area contributed by atoms with Crippen LogP contribution in [0.1, 0.15) is 44.7 Å². The van der Waals surface area contributed by atoms with Gasteiger partial charge in [0.15, 0.2) is 0 Å². The van der Waals surface area contributed by atoms with Crippen LogP contribution in [0, 0.1) is 13.8 Å². The van der Waals surface area contributed by atoms with Gasteiger partial charge in [0.05, 0.1) is 23.1 Å². The van der Waals surface area contributed by atoms with E-state index >= 15 is 0 Å². The molecule has 0 radical (unpaired) electrons. The second kappa shape index (κ2) is 10.2.